The van der Waals surface area contributed by atoms with Gasteiger partial charge in [-0.1, -0.05) is 29.8 Å². The molecule has 2 aromatic carbocycles. The number of benzene rings is 2. The first-order valence-corrected chi connectivity index (χ1v) is 8.62. The average molecular weight is 442 g/mol. The second-order valence-electron chi connectivity index (χ2n) is 7.03. The number of alkyl halides is 9. The van der Waals surface area contributed by atoms with Crippen LogP contribution in [0.25, 0.3) is 0 Å². The molecule has 0 heterocycles. The number of hydrogen-bond donors (Lipinski definition) is 0. The van der Waals surface area contributed by atoms with E-state index in [4.69, 9.17) is 4.65 Å². The van der Waals surface area contributed by atoms with Crippen LogP contribution in [0.3, 0.4) is 0 Å². The van der Waals surface area contributed by atoms with E-state index in [1.54, 1.807) is 0 Å². The van der Waals surface area contributed by atoms with Crippen LogP contribution in [-0.2, 0) is 23.2 Å². The lowest BCUT2D eigenvalue weighted by atomic mass is 9.54. The molecular weight excluding hydrogens is 426 g/mol. The summed E-state index contributed by atoms with van der Waals surface area (Å²) in [5.74, 6) is 0. The van der Waals surface area contributed by atoms with Crippen LogP contribution in [0.15, 0.2) is 36.4 Å². The summed E-state index contributed by atoms with van der Waals surface area (Å²) in [5, 5.41) is 0. The minimum Gasteiger partial charge on any atom is -0.425 e. The zero-order valence-electron chi connectivity index (χ0n) is 15.9. The van der Waals surface area contributed by atoms with Gasteiger partial charge in [0.2, 0.25) is 0 Å². The van der Waals surface area contributed by atoms with Crippen molar-refractivity contribution in [1.82, 2.24) is 0 Å². The van der Waals surface area contributed by atoms with Crippen molar-refractivity contribution in [2.45, 2.75) is 45.4 Å². The van der Waals surface area contributed by atoms with Crippen LogP contribution < -0.4 is 10.9 Å². The molecule has 0 amide bonds. The lowest BCUT2D eigenvalue weighted by molar-refractivity contribution is -0.143. The van der Waals surface area contributed by atoms with Crippen molar-refractivity contribution in [3.63, 3.8) is 0 Å². The smallest absolute Gasteiger partial charge is 0.416 e. The maximum atomic E-state index is 13.2. The molecule has 2 aromatic rings. The summed E-state index contributed by atoms with van der Waals surface area (Å²) in [6.45, 7) is 2.69. The Bertz CT molecular complexity index is 866. The maximum Gasteiger partial charge on any atom is 0.416 e. The van der Waals surface area contributed by atoms with Gasteiger partial charge >= 0.3 is 25.4 Å². The zero-order chi connectivity index (χ0) is 23.1. The van der Waals surface area contributed by atoms with Gasteiger partial charge in [-0.15, -0.1) is 0 Å². The Labute approximate surface area is 167 Å². The van der Waals surface area contributed by atoms with Crippen molar-refractivity contribution in [3.8, 4) is 0 Å². The Morgan fingerprint density at radius 2 is 1.00 bits per heavy atom. The molecule has 0 fully saturated rings. The van der Waals surface area contributed by atoms with E-state index >= 15 is 0 Å². The summed E-state index contributed by atoms with van der Waals surface area (Å²) in [7, 11) is 0. The highest BCUT2D eigenvalue weighted by Crippen LogP contribution is 2.35. The van der Waals surface area contributed by atoms with Gasteiger partial charge in [0.15, 0.2) is 0 Å². The van der Waals surface area contributed by atoms with Crippen LogP contribution in [0, 0.1) is 6.92 Å². The van der Waals surface area contributed by atoms with Gasteiger partial charge in [0.25, 0.3) is 0 Å². The van der Waals surface area contributed by atoms with Crippen molar-refractivity contribution in [1.29, 1.82) is 0 Å². The summed E-state index contributed by atoms with van der Waals surface area (Å²) < 4.78 is 124. The predicted molar refractivity (Wildman–Crippen MR) is 93.9 cm³/mol. The van der Waals surface area contributed by atoms with Crippen molar-refractivity contribution in [3.05, 3.63) is 58.7 Å². The third-order valence-electron chi connectivity index (χ3n) is 4.05. The topological polar surface area (TPSA) is 9.23 Å². The van der Waals surface area contributed by atoms with E-state index in [1.807, 2.05) is 0 Å². The van der Waals surface area contributed by atoms with Gasteiger partial charge in [0, 0.05) is 6.10 Å². The lowest BCUT2D eigenvalue weighted by Crippen LogP contribution is -2.47. The molecular formula is C19H16BF9O. The molecule has 0 aliphatic heterocycles. The van der Waals surface area contributed by atoms with Gasteiger partial charge in [-0.2, -0.15) is 39.5 Å². The molecule has 0 atom stereocenters. The summed E-state index contributed by atoms with van der Waals surface area (Å²) in [4.78, 5) is 0. The van der Waals surface area contributed by atoms with Gasteiger partial charge in [-0.3, -0.25) is 0 Å². The summed E-state index contributed by atoms with van der Waals surface area (Å²) in [5.41, 5.74) is -4.87. The number of aryl methyl sites for hydroxylation is 1. The van der Waals surface area contributed by atoms with Gasteiger partial charge < -0.3 is 4.65 Å². The van der Waals surface area contributed by atoms with Gasteiger partial charge in [-0.25, -0.2) is 0 Å². The Balaban J connectivity index is 2.76. The molecule has 0 bridgehead atoms. The molecule has 0 aliphatic rings. The SMILES string of the molecule is Cc1cc(B(OC(C)C)c2cc(C(F)(F)F)cc(C(F)(F)F)c2)cc(C(F)(F)F)c1. The van der Waals surface area contributed by atoms with Crippen molar-refractivity contribution in [2.24, 2.45) is 0 Å². The Morgan fingerprint density at radius 1 is 0.633 bits per heavy atom. The Morgan fingerprint density at radius 3 is 1.37 bits per heavy atom. The lowest BCUT2D eigenvalue weighted by Gasteiger charge is -2.22. The van der Waals surface area contributed by atoms with E-state index in [2.05, 4.69) is 0 Å². The van der Waals surface area contributed by atoms with Crippen LogP contribution in [0.4, 0.5) is 39.5 Å². The van der Waals surface area contributed by atoms with Crippen molar-refractivity contribution >= 4 is 17.8 Å². The van der Waals surface area contributed by atoms with Crippen molar-refractivity contribution < 1.29 is 44.2 Å². The predicted octanol–water partition coefficient (Wildman–Crippen LogP) is 5.58. The van der Waals surface area contributed by atoms with E-state index in [0.717, 1.165) is 6.07 Å². The summed E-state index contributed by atoms with van der Waals surface area (Å²) >= 11 is 0. The second-order valence-corrected chi connectivity index (χ2v) is 7.03. The molecule has 0 N–H and O–H groups in total. The Hall–Kier alpha value is -2.17. The molecule has 0 unspecified atom stereocenters. The maximum absolute atomic E-state index is 13.2. The van der Waals surface area contributed by atoms with E-state index in [0.29, 0.717) is 18.2 Å². The molecule has 0 saturated heterocycles. The molecule has 0 aromatic heterocycles. The molecule has 0 spiro atoms. The molecule has 0 saturated carbocycles. The largest absolute Gasteiger partial charge is 0.425 e. The van der Waals surface area contributed by atoms with Crippen LogP contribution >= 0.6 is 0 Å². The number of halogens is 9. The molecule has 0 aliphatic carbocycles. The van der Waals surface area contributed by atoms with Crippen LogP contribution in [0.1, 0.15) is 36.1 Å². The fourth-order valence-electron chi connectivity index (χ4n) is 2.88. The number of rotatable bonds is 4. The fourth-order valence-corrected chi connectivity index (χ4v) is 2.88. The standard InChI is InChI=1S/C19H16BF9O/c1-10(2)30-20(15-5-11(3)4-12(7-15)17(21,22)23)16-8-13(18(24,25)26)6-14(9-16)19(27,28)29/h4-10H,1-3H3. The zero-order valence-corrected chi connectivity index (χ0v) is 15.9. The molecule has 164 valence electrons. The van der Waals surface area contributed by atoms with E-state index in [1.165, 1.54) is 26.8 Å². The van der Waals surface area contributed by atoms with Crippen molar-refractivity contribution in [2.75, 3.05) is 0 Å². The summed E-state index contributed by atoms with van der Waals surface area (Å²) in [6, 6.07) is 3.58. The Kier molecular flexibility index (Phi) is 6.56. The first-order chi connectivity index (χ1) is 13.5. The fraction of sp³-hybridized carbons (Fsp3) is 0.368. The van der Waals surface area contributed by atoms with Crippen LogP contribution in [-0.4, -0.2) is 13.0 Å². The normalized spacial score (nSPS) is 13.1. The first kappa shape index (κ1) is 24.1. The van der Waals surface area contributed by atoms with E-state index in [9.17, 15) is 39.5 Å². The number of hydrogen-bond acceptors (Lipinski definition) is 1. The third-order valence-corrected chi connectivity index (χ3v) is 4.05. The quantitative estimate of drug-likeness (QED) is 0.444. The molecule has 11 heteroatoms. The van der Waals surface area contributed by atoms with Gasteiger partial charge in [0.1, 0.15) is 0 Å². The highest BCUT2D eigenvalue weighted by atomic mass is 19.4. The summed E-state index contributed by atoms with van der Waals surface area (Å²) in [6.07, 6.45) is -15.6. The van der Waals surface area contributed by atoms with E-state index < -0.39 is 53.7 Å². The highest BCUT2D eigenvalue weighted by molar-refractivity contribution is 6.80. The monoisotopic (exact) mass is 442 g/mol. The van der Waals surface area contributed by atoms with Gasteiger partial charge in [-0.05, 0) is 43.8 Å². The third kappa shape index (κ3) is 5.93. The average Bonchev–Trinajstić information content (AvgIpc) is 2.56. The first-order valence-electron chi connectivity index (χ1n) is 8.62. The molecule has 2 rings (SSSR count). The van der Waals surface area contributed by atoms with Gasteiger partial charge in [0.05, 0.1) is 16.7 Å². The van der Waals surface area contributed by atoms with Crippen LogP contribution in [0.2, 0.25) is 0 Å². The second kappa shape index (κ2) is 8.17. The molecule has 1 nitrogen and oxygen atoms in total. The van der Waals surface area contributed by atoms with E-state index in [-0.39, 0.29) is 17.1 Å². The highest BCUT2D eigenvalue weighted by Gasteiger charge is 2.39. The molecule has 30 heavy (non-hydrogen) atoms. The van der Waals surface area contributed by atoms with Crippen LogP contribution in [0.5, 0.6) is 0 Å². The molecule has 0 radical (unpaired) electrons. The minimum atomic E-state index is -5.10. The minimum absolute atomic E-state index is 0.0483.